The minimum Gasteiger partial charge on any atom is -0.493 e. The Morgan fingerprint density at radius 1 is 1.33 bits per heavy atom. The van der Waals surface area contributed by atoms with Gasteiger partial charge in [0.05, 0.1) is 25.5 Å². The van der Waals surface area contributed by atoms with E-state index in [1.165, 1.54) is 12.1 Å². The summed E-state index contributed by atoms with van der Waals surface area (Å²) in [5.74, 6) is 1.18. The van der Waals surface area contributed by atoms with Crippen molar-refractivity contribution in [2.75, 3.05) is 26.3 Å². The molecule has 1 atom stereocenters. The summed E-state index contributed by atoms with van der Waals surface area (Å²) >= 11 is 0. The molecule has 1 aliphatic rings. The summed E-state index contributed by atoms with van der Waals surface area (Å²) in [7, 11) is 0. The summed E-state index contributed by atoms with van der Waals surface area (Å²) in [4.78, 5) is 9.71. The summed E-state index contributed by atoms with van der Waals surface area (Å²) in [5.41, 5.74) is 1.85. The Bertz CT molecular complexity index is 851. The lowest BCUT2D eigenvalue weighted by atomic mass is 10.2. The Hall–Kier alpha value is -2.71. The van der Waals surface area contributed by atoms with E-state index >= 15 is 0 Å². The topological polar surface area (TPSA) is 79.1 Å². The van der Waals surface area contributed by atoms with E-state index in [0.29, 0.717) is 25.4 Å². The van der Waals surface area contributed by atoms with Crippen LogP contribution in [0.4, 0.5) is 4.39 Å². The van der Waals surface area contributed by atoms with Crippen molar-refractivity contribution in [2.45, 2.75) is 19.1 Å². The van der Waals surface area contributed by atoms with Crippen LogP contribution in [0.1, 0.15) is 23.3 Å². The van der Waals surface area contributed by atoms with Crippen molar-refractivity contribution in [3.63, 3.8) is 0 Å². The van der Waals surface area contributed by atoms with Crippen LogP contribution in [0.5, 0.6) is 5.75 Å². The van der Waals surface area contributed by atoms with E-state index in [9.17, 15) is 4.39 Å². The van der Waals surface area contributed by atoms with Crippen LogP contribution in [0.2, 0.25) is 0 Å². The highest BCUT2D eigenvalue weighted by Gasteiger charge is 2.24. The molecule has 142 valence electrons. The molecule has 0 unspecified atom stereocenters. The van der Waals surface area contributed by atoms with Gasteiger partial charge in [-0.3, -0.25) is 10.00 Å². The normalized spacial score (nSPS) is 17.9. The number of benzene rings is 1. The van der Waals surface area contributed by atoms with Crippen LogP contribution in [0, 0.1) is 5.82 Å². The summed E-state index contributed by atoms with van der Waals surface area (Å²) in [6.07, 6.45) is 4.19. The molecule has 1 aliphatic heterocycles. The van der Waals surface area contributed by atoms with Gasteiger partial charge in [-0.25, -0.2) is 9.37 Å². The molecule has 0 spiro atoms. The fraction of sp³-hybridized carbons (Fsp3) is 0.368. The van der Waals surface area contributed by atoms with Crippen molar-refractivity contribution in [2.24, 2.45) is 0 Å². The SMILES string of the molecule is Fc1cccc(OCCc2cc([C@H]3CN(Cc4ncc[nH]4)CCO3)n[nH]2)c1. The highest BCUT2D eigenvalue weighted by atomic mass is 19.1. The Labute approximate surface area is 156 Å². The number of nitrogens with zero attached hydrogens (tertiary/aromatic N) is 3. The number of morpholine rings is 1. The predicted octanol–water partition coefficient (Wildman–Crippen LogP) is 2.47. The van der Waals surface area contributed by atoms with Crippen LogP contribution in [0.3, 0.4) is 0 Å². The highest BCUT2D eigenvalue weighted by molar-refractivity contribution is 5.22. The molecule has 3 aromatic rings. The second kappa shape index (κ2) is 8.32. The number of hydrogen-bond acceptors (Lipinski definition) is 5. The van der Waals surface area contributed by atoms with Gasteiger partial charge < -0.3 is 14.5 Å². The third-order valence-corrected chi connectivity index (χ3v) is 4.50. The van der Waals surface area contributed by atoms with E-state index < -0.39 is 0 Å². The van der Waals surface area contributed by atoms with E-state index in [2.05, 4.69) is 25.1 Å². The maximum Gasteiger partial charge on any atom is 0.126 e. The molecule has 0 bridgehead atoms. The first-order chi connectivity index (χ1) is 13.3. The molecule has 0 radical (unpaired) electrons. The number of imidazole rings is 1. The molecular weight excluding hydrogens is 349 g/mol. The Kier molecular flexibility index (Phi) is 5.45. The van der Waals surface area contributed by atoms with Gasteiger partial charge in [-0.05, 0) is 18.2 Å². The van der Waals surface area contributed by atoms with Gasteiger partial charge >= 0.3 is 0 Å². The highest BCUT2D eigenvalue weighted by Crippen LogP contribution is 2.22. The molecule has 0 saturated carbocycles. The second-order valence-electron chi connectivity index (χ2n) is 6.50. The standard InChI is InChI=1S/C19H22FN5O2/c20-14-2-1-3-16(10-14)26-8-4-15-11-17(24-23-15)18-12-25(7-9-27-18)13-19-21-5-6-22-19/h1-3,5-6,10-11,18H,4,7-9,12-13H2,(H,21,22)(H,23,24)/t18-/m1/s1. The molecule has 2 aromatic heterocycles. The van der Waals surface area contributed by atoms with Gasteiger partial charge in [0.2, 0.25) is 0 Å². The molecule has 8 heteroatoms. The number of halogens is 1. The van der Waals surface area contributed by atoms with Gasteiger partial charge in [0.15, 0.2) is 0 Å². The fourth-order valence-corrected chi connectivity index (χ4v) is 3.13. The average Bonchev–Trinajstić information content (AvgIpc) is 3.34. The minimum absolute atomic E-state index is 0.0668. The van der Waals surface area contributed by atoms with E-state index in [1.54, 1.807) is 18.3 Å². The lowest BCUT2D eigenvalue weighted by Crippen LogP contribution is -2.38. The number of aromatic amines is 2. The molecule has 1 fully saturated rings. The third-order valence-electron chi connectivity index (χ3n) is 4.50. The number of nitrogens with one attached hydrogen (secondary N) is 2. The smallest absolute Gasteiger partial charge is 0.126 e. The van der Waals surface area contributed by atoms with E-state index in [1.807, 2.05) is 12.3 Å². The number of hydrogen-bond donors (Lipinski definition) is 2. The van der Waals surface area contributed by atoms with Crippen molar-refractivity contribution >= 4 is 0 Å². The van der Waals surface area contributed by atoms with Crippen molar-refractivity contribution in [3.8, 4) is 5.75 Å². The predicted molar refractivity (Wildman–Crippen MR) is 96.7 cm³/mol. The van der Waals surface area contributed by atoms with Gasteiger partial charge in [0.1, 0.15) is 23.5 Å². The van der Waals surface area contributed by atoms with E-state index in [-0.39, 0.29) is 11.9 Å². The second-order valence-corrected chi connectivity index (χ2v) is 6.50. The van der Waals surface area contributed by atoms with Gasteiger partial charge in [-0.1, -0.05) is 6.07 Å². The first-order valence-electron chi connectivity index (χ1n) is 9.01. The maximum absolute atomic E-state index is 13.2. The zero-order chi connectivity index (χ0) is 18.5. The van der Waals surface area contributed by atoms with Crippen LogP contribution in [0.15, 0.2) is 42.7 Å². The van der Waals surface area contributed by atoms with Gasteiger partial charge in [0, 0.05) is 43.7 Å². The molecule has 1 saturated heterocycles. The molecule has 0 aliphatic carbocycles. The zero-order valence-corrected chi connectivity index (χ0v) is 14.9. The lowest BCUT2D eigenvalue weighted by molar-refractivity contribution is -0.0356. The van der Waals surface area contributed by atoms with Crippen molar-refractivity contribution < 1.29 is 13.9 Å². The van der Waals surface area contributed by atoms with Crippen LogP contribution in [-0.2, 0) is 17.7 Å². The lowest BCUT2D eigenvalue weighted by Gasteiger charge is -2.31. The largest absolute Gasteiger partial charge is 0.493 e. The van der Waals surface area contributed by atoms with E-state index in [4.69, 9.17) is 9.47 Å². The van der Waals surface area contributed by atoms with Crippen molar-refractivity contribution in [3.05, 3.63) is 65.8 Å². The summed E-state index contributed by atoms with van der Waals surface area (Å²) in [6.45, 7) is 3.52. The number of H-pyrrole nitrogens is 2. The van der Waals surface area contributed by atoms with Crippen LogP contribution in [-0.4, -0.2) is 51.4 Å². The van der Waals surface area contributed by atoms with Gasteiger partial charge in [-0.2, -0.15) is 5.10 Å². The average molecular weight is 371 g/mol. The van der Waals surface area contributed by atoms with Crippen molar-refractivity contribution in [1.82, 2.24) is 25.1 Å². The molecule has 3 heterocycles. The number of ether oxygens (including phenoxy) is 2. The molecular formula is C19H22FN5O2. The Morgan fingerprint density at radius 2 is 2.30 bits per heavy atom. The first-order valence-corrected chi connectivity index (χ1v) is 9.01. The zero-order valence-electron chi connectivity index (χ0n) is 14.9. The summed E-state index contributed by atoms with van der Waals surface area (Å²) in [5, 5.41) is 7.44. The first kappa shape index (κ1) is 17.7. The summed E-state index contributed by atoms with van der Waals surface area (Å²) in [6, 6.07) is 8.16. The molecule has 27 heavy (non-hydrogen) atoms. The Balaban J connectivity index is 1.29. The van der Waals surface area contributed by atoms with E-state index in [0.717, 1.165) is 36.8 Å². The van der Waals surface area contributed by atoms with Crippen LogP contribution >= 0.6 is 0 Å². The van der Waals surface area contributed by atoms with Crippen LogP contribution in [0.25, 0.3) is 0 Å². The monoisotopic (exact) mass is 371 g/mol. The Morgan fingerprint density at radius 3 is 3.15 bits per heavy atom. The number of rotatable bonds is 7. The van der Waals surface area contributed by atoms with Gasteiger partial charge in [-0.15, -0.1) is 0 Å². The third kappa shape index (κ3) is 4.72. The fourth-order valence-electron chi connectivity index (χ4n) is 3.13. The molecule has 7 nitrogen and oxygen atoms in total. The van der Waals surface area contributed by atoms with Crippen LogP contribution < -0.4 is 4.74 Å². The molecule has 2 N–H and O–H groups in total. The molecule has 1 aromatic carbocycles. The minimum atomic E-state index is -0.301. The summed E-state index contributed by atoms with van der Waals surface area (Å²) < 4.78 is 24.6. The molecule has 0 amide bonds. The van der Waals surface area contributed by atoms with Gasteiger partial charge in [0.25, 0.3) is 0 Å². The van der Waals surface area contributed by atoms with Crippen molar-refractivity contribution in [1.29, 1.82) is 0 Å². The molecule has 4 rings (SSSR count). The quantitative estimate of drug-likeness (QED) is 0.667. The maximum atomic E-state index is 13.2. The number of aromatic nitrogens is 4.